The first-order valence-corrected chi connectivity index (χ1v) is 14.6. The van der Waals surface area contributed by atoms with Crippen LogP contribution in [-0.4, -0.2) is 61.3 Å². The highest BCUT2D eigenvalue weighted by Crippen LogP contribution is 2.30. The van der Waals surface area contributed by atoms with Crippen molar-refractivity contribution in [1.29, 1.82) is 0 Å². The molecule has 2 aliphatic heterocycles. The van der Waals surface area contributed by atoms with Gasteiger partial charge in [0.1, 0.15) is 12.4 Å². The Labute approximate surface area is 243 Å². The second-order valence-electron chi connectivity index (χ2n) is 11.2. The Bertz CT molecular complexity index is 1740. The number of carboxylic acids is 1. The van der Waals surface area contributed by atoms with Gasteiger partial charge in [-0.25, -0.2) is 14.8 Å². The molecule has 0 amide bonds. The molecule has 2 saturated heterocycles. The van der Waals surface area contributed by atoms with Crippen LogP contribution in [0.15, 0.2) is 72.9 Å². The summed E-state index contributed by atoms with van der Waals surface area (Å²) in [6.45, 7) is 4.51. The molecule has 42 heavy (non-hydrogen) atoms. The molecule has 1 atom stereocenters. The van der Waals surface area contributed by atoms with Crippen LogP contribution in [0, 0.1) is 0 Å². The largest absolute Gasteiger partial charge is 0.478 e. The first-order chi connectivity index (χ1) is 20.6. The lowest BCUT2D eigenvalue weighted by Crippen LogP contribution is -2.35. The SMILES string of the molecule is O=C(O)c1ccc2nc(CN3CCC(c4cccc(OCc5ccc6cccnc6c5)n4)CC3)n(C[C@@H]3CCO3)c2c1. The lowest BCUT2D eigenvalue weighted by Gasteiger charge is -2.32. The Balaban J connectivity index is 1.000. The highest BCUT2D eigenvalue weighted by Gasteiger charge is 2.26. The van der Waals surface area contributed by atoms with Crippen molar-refractivity contribution in [1.82, 2.24) is 24.4 Å². The van der Waals surface area contributed by atoms with Crippen LogP contribution >= 0.6 is 0 Å². The molecule has 9 nitrogen and oxygen atoms in total. The highest BCUT2D eigenvalue weighted by molar-refractivity contribution is 5.92. The maximum atomic E-state index is 11.6. The minimum atomic E-state index is -0.928. The minimum Gasteiger partial charge on any atom is -0.478 e. The number of pyridine rings is 2. The van der Waals surface area contributed by atoms with E-state index < -0.39 is 5.97 Å². The van der Waals surface area contributed by atoms with E-state index in [1.54, 1.807) is 18.3 Å². The van der Waals surface area contributed by atoms with E-state index >= 15 is 0 Å². The van der Waals surface area contributed by atoms with Crippen LogP contribution in [-0.2, 0) is 24.4 Å². The third-order valence-corrected chi connectivity index (χ3v) is 8.43. The summed E-state index contributed by atoms with van der Waals surface area (Å²) in [5, 5.41) is 10.6. The molecule has 2 aromatic carbocycles. The van der Waals surface area contributed by atoms with E-state index in [0.717, 1.165) is 78.0 Å². The second kappa shape index (κ2) is 11.5. The number of aromatic nitrogens is 4. The van der Waals surface area contributed by atoms with Gasteiger partial charge in [-0.15, -0.1) is 0 Å². The van der Waals surface area contributed by atoms with Crippen LogP contribution in [0.3, 0.4) is 0 Å². The molecule has 5 heterocycles. The summed E-state index contributed by atoms with van der Waals surface area (Å²) in [4.78, 5) is 28.3. The molecule has 0 unspecified atom stereocenters. The molecule has 214 valence electrons. The minimum absolute atomic E-state index is 0.152. The summed E-state index contributed by atoms with van der Waals surface area (Å²) in [5.74, 6) is 1.04. The summed E-state index contributed by atoms with van der Waals surface area (Å²) in [5.41, 5.74) is 5.06. The lowest BCUT2D eigenvalue weighted by molar-refractivity contribution is -0.0592. The fourth-order valence-electron chi connectivity index (χ4n) is 5.95. The molecule has 2 fully saturated rings. The molecule has 0 radical (unpaired) electrons. The van der Waals surface area contributed by atoms with Gasteiger partial charge in [-0.3, -0.25) is 9.88 Å². The van der Waals surface area contributed by atoms with Crippen molar-refractivity contribution in [3.63, 3.8) is 0 Å². The molecule has 3 aromatic heterocycles. The van der Waals surface area contributed by atoms with Crippen LogP contribution in [0.1, 0.15) is 52.6 Å². The average Bonchev–Trinajstić information content (AvgIpc) is 3.34. The summed E-state index contributed by atoms with van der Waals surface area (Å²) in [6, 6.07) is 21.4. The monoisotopic (exact) mass is 563 g/mol. The number of benzene rings is 2. The van der Waals surface area contributed by atoms with Crippen molar-refractivity contribution >= 4 is 27.9 Å². The number of rotatable bonds is 9. The van der Waals surface area contributed by atoms with Gasteiger partial charge in [0.2, 0.25) is 5.88 Å². The van der Waals surface area contributed by atoms with E-state index in [4.69, 9.17) is 19.4 Å². The predicted octanol–water partition coefficient (Wildman–Crippen LogP) is 5.43. The number of likely N-dealkylation sites (tertiary alicyclic amines) is 1. The first kappa shape index (κ1) is 26.6. The molecule has 0 saturated carbocycles. The Morgan fingerprint density at radius 2 is 1.86 bits per heavy atom. The fourth-order valence-corrected chi connectivity index (χ4v) is 5.95. The number of carboxylic acid groups (broad SMARTS) is 1. The Morgan fingerprint density at radius 3 is 2.67 bits per heavy atom. The van der Waals surface area contributed by atoms with Crippen LogP contribution in [0.4, 0.5) is 0 Å². The maximum absolute atomic E-state index is 11.6. The number of fused-ring (bicyclic) bond motifs is 2. The summed E-state index contributed by atoms with van der Waals surface area (Å²) >= 11 is 0. The Kier molecular flexibility index (Phi) is 7.27. The number of hydrogen-bond donors (Lipinski definition) is 1. The average molecular weight is 564 g/mol. The summed E-state index contributed by atoms with van der Waals surface area (Å²) < 4.78 is 13.9. The van der Waals surface area contributed by atoms with Crippen molar-refractivity contribution in [2.45, 2.75) is 51.0 Å². The number of carbonyl (C=O) groups is 1. The maximum Gasteiger partial charge on any atom is 0.335 e. The van der Waals surface area contributed by atoms with Crippen LogP contribution in [0.2, 0.25) is 0 Å². The van der Waals surface area contributed by atoms with Crippen LogP contribution < -0.4 is 4.74 Å². The van der Waals surface area contributed by atoms with E-state index in [1.807, 2.05) is 24.3 Å². The zero-order valence-electron chi connectivity index (χ0n) is 23.4. The van der Waals surface area contributed by atoms with Gasteiger partial charge >= 0.3 is 5.97 Å². The molecular weight excluding hydrogens is 530 g/mol. The number of aromatic carboxylic acids is 1. The van der Waals surface area contributed by atoms with Gasteiger partial charge in [0.25, 0.3) is 0 Å². The van der Waals surface area contributed by atoms with Gasteiger partial charge in [-0.05, 0) is 74.3 Å². The Morgan fingerprint density at radius 1 is 0.976 bits per heavy atom. The summed E-state index contributed by atoms with van der Waals surface area (Å²) in [7, 11) is 0. The second-order valence-corrected chi connectivity index (χ2v) is 11.2. The van der Waals surface area contributed by atoms with E-state index in [9.17, 15) is 9.90 Å². The van der Waals surface area contributed by atoms with Gasteiger partial charge < -0.3 is 19.1 Å². The van der Waals surface area contributed by atoms with E-state index in [1.165, 1.54) is 0 Å². The molecule has 2 aliphatic rings. The van der Waals surface area contributed by atoms with Crippen molar-refractivity contribution < 1.29 is 19.4 Å². The fraction of sp³-hybridized carbons (Fsp3) is 0.333. The van der Waals surface area contributed by atoms with E-state index in [2.05, 4.69) is 44.8 Å². The van der Waals surface area contributed by atoms with Crippen molar-refractivity contribution in [2.24, 2.45) is 0 Å². The van der Waals surface area contributed by atoms with E-state index in [-0.39, 0.29) is 11.7 Å². The third-order valence-electron chi connectivity index (χ3n) is 8.43. The van der Waals surface area contributed by atoms with Gasteiger partial charge in [-0.1, -0.05) is 24.3 Å². The van der Waals surface area contributed by atoms with Gasteiger partial charge in [-0.2, -0.15) is 0 Å². The zero-order chi connectivity index (χ0) is 28.5. The number of hydrogen-bond acceptors (Lipinski definition) is 7. The van der Waals surface area contributed by atoms with Gasteiger partial charge in [0, 0.05) is 35.9 Å². The third kappa shape index (κ3) is 5.57. The van der Waals surface area contributed by atoms with Crippen molar-refractivity contribution in [3.05, 3.63) is 95.6 Å². The normalized spacial score (nSPS) is 17.9. The quantitative estimate of drug-likeness (QED) is 0.254. The molecule has 5 aromatic rings. The molecule has 9 heteroatoms. The number of imidazole rings is 1. The molecule has 0 spiro atoms. The molecule has 0 aliphatic carbocycles. The Hall–Kier alpha value is -4.34. The number of ether oxygens (including phenoxy) is 2. The van der Waals surface area contributed by atoms with Gasteiger partial charge in [0.05, 0.1) is 41.3 Å². The topological polar surface area (TPSA) is 103 Å². The van der Waals surface area contributed by atoms with Crippen LogP contribution in [0.5, 0.6) is 5.88 Å². The van der Waals surface area contributed by atoms with Crippen LogP contribution in [0.25, 0.3) is 21.9 Å². The van der Waals surface area contributed by atoms with Crippen molar-refractivity contribution in [2.75, 3.05) is 19.7 Å². The smallest absolute Gasteiger partial charge is 0.335 e. The standard InChI is InChI=1S/C33H33N5O4/c39-33(40)25-8-9-28-30(18-25)38(19-26-12-16-41-26)31(35-28)20-37-14-10-24(11-15-37)27-4-1-5-32(36-27)42-21-22-6-7-23-3-2-13-34-29(23)17-22/h1-9,13,17-18,24,26H,10-12,14-16,19-21H2,(H,39,40)/t26-/m0/s1. The molecular formula is C33H33N5O4. The highest BCUT2D eigenvalue weighted by atomic mass is 16.5. The van der Waals surface area contributed by atoms with Gasteiger partial charge in [0.15, 0.2) is 0 Å². The predicted molar refractivity (Wildman–Crippen MR) is 159 cm³/mol. The molecule has 7 rings (SSSR count). The summed E-state index contributed by atoms with van der Waals surface area (Å²) in [6.07, 6.45) is 4.97. The number of piperidine rings is 1. The number of nitrogens with zero attached hydrogens (tertiary/aromatic N) is 5. The zero-order valence-corrected chi connectivity index (χ0v) is 23.4. The first-order valence-electron chi connectivity index (χ1n) is 14.6. The molecule has 1 N–H and O–H groups in total. The lowest BCUT2D eigenvalue weighted by atomic mass is 9.93. The van der Waals surface area contributed by atoms with E-state index in [0.29, 0.717) is 31.5 Å². The van der Waals surface area contributed by atoms with Crippen molar-refractivity contribution in [3.8, 4) is 5.88 Å². The molecule has 0 bridgehead atoms.